The number of benzene rings is 1. The van der Waals surface area contributed by atoms with Crippen LogP contribution in [0, 0.1) is 6.92 Å². The minimum atomic E-state index is -0.00362. The molecule has 8 heteroatoms. The Hall–Kier alpha value is -2.54. The number of anilines is 1. The van der Waals surface area contributed by atoms with Crippen molar-refractivity contribution in [2.24, 2.45) is 0 Å². The monoisotopic (exact) mass is 501 g/mol. The molecule has 0 aliphatic rings. The summed E-state index contributed by atoms with van der Waals surface area (Å²) >= 11 is 6.28. The predicted molar refractivity (Wildman–Crippen MR) is 143 cm³/mol. The second-order valence-corrected chi connectivity index (χ2v) is 9.70. The fourth-order valence-corrected chi connectivity index (χ4v) is 4.48. The van der Waals surface area contributed by atoms with E-state index in [0.717, 1.165) is 24.1 Å². The fourth-order valence-electron chi connectivity index (χ4n) is 4.31. The van der Waals surface area contributed by atoms with Crippen LogP contribution in [-0.4, -0.2) is 32.8 Å². The average molecular weight is 502 g/mol. The smallest absolute Gasteiger partial charge is 0.224 e. The van der Waals surface area contributed by atoms with E-state index in [1.807, 2.05) is 25.1 Å². The first-order chi connectivity index (χ1) is 17.0. The molecule has 0 saturated heterocycles. The summed E-state index contributed by atoms with van der Waals surface area (Å²) in [5.74, 6) is 1.13. The zero-order valence-electron chi connectivity index (χ0n) is 21.5. The maximum absolute atomic E-state index is 12.6. The first-order valence-electron chi connectivity index (χ1n) is 13.1. The number of aryl methyl sites for hydroxylation is 1. The molecule has 0 bridgehead atoms. The zero-order valence-corrected chi connectivity index (χ0v) is 22.2. The number of ether oxygens (including phenoxy) is 1. The van der Waals surface area contributed by atoms with Crippen molar-refractivity contribution in [2.45, 2.75) is 97.3 Å². The van der Waals surface area contributed by atoms with Gasteiger partial charge in [0, 0.05) is 12.0 Å². The van der Waals surface area contributed by atoms with E-state index in [1.165, 1.54) is 64.2 Å². The molecular formula is C27H40ClN5O2. The first kappa shape index (κ1) is 27.1. The van der Waals surface area contributed by atoms with Gasteiger partial charge in [0.25, 0.3) is 0 Å². The number of H-pyrrole nitrogens is 1. The Labute approximate surface area is 214 Å². The topological polar surface area (TPSA) is 84.3 Å². The van der Waals surface area contributed by atoms with Gasteiger partial charge in [0.1, 0.15) is 10.8 Å². The number of aromatic nitrogens is 4. The number of carbonyl (C=O) groups excluding carboxylic acids is 1. The summed E-state index contributed by atoms with van der Waals surface area (Å²) in [5, 5.41) is 11.1. The molecule has 0 saturated carbocycles. The number of fused-ring (bicyclic) bond motifs is 1. The summed E-state index contributed by atoms with van der Waals surface area (Å²) in [6, 6.07) is 5.53. The van der Waals surface area contributed by atoms with Gasteiger partial charge in [-0.3, -0.25) is 9.89 Å². The summed E-state index contributed by atoms with van der Waals surface area (Å²) in [4.78, 5) is 17.1. The van der Waals surface area contributed by atoms with Gasteiger partial charge in [-0.2, -0.15) is 4.63 Å². The van der Waals surface area contributed by atoms with E-state index >= 15 is 0 Å². The third-order valence-corrected chi connectivity index (χ3v) is 6.85. The van der Waals surface area contributed by atoms with E-state index in [4.69, 9.17) is 16.3 Å². The Morgan fingerprint density at radius 3 is 2.26 bits per heavy atom. The maximum atomic E-state index is 12.6. The van der Waals surface area contributed by atoms with Gasteiger partial charge < -0.3 is 10.1 Å². The minimum Gasteiger partial charge on any atom is -0.495 e. The van der Waals surface area contributed by atoms with E-state index in [0.29, 0.717) is 34.4 Å². The first-order valence-corrected chi connectivity index (χ1v) is 13.5. The molecule has 2 heterocycles. The highest BCUT2D eigenvalue weighted by Crippen LogP contribution is 2.31. The number of carbonyl (C=O) groups is 1. The standard InChI is InChI=1S/C27H40ClN5O2/c1-4-5-6-7-8-9-10-11-12-13-14-15-16-24(34)29-22-19-21(17-18-23(22)35-3)26-30-27-25(28)20(2)31-33(27)32-26/h17-19,31H,4-16H2,1-3H3,(H,29,34). The molecule has 0 aliphatic carbocycles. The lowest BCUT2D eigenvalue weighted by Crippen LogP contribution is -2.12. The number of unbranched alkanes of at least 4 members (excludes halogenated alkanes) is 11. The summed E-state index contributed by atoms with van der Waals surface area (Å²) in [6.07, 6.45) is 15.8. The van der Waals surface area contributed by atoms with Crippen LogP contribution in [0.25, 0.3) is 17.0 Å². The van der Waals surface area contributed by atoms with Crippen LogP contribution >= 0.6 is 11.6 Å². The molecule has 2 aromatic heterocycles. The summed E-state index contributed by atoms with van der Waals surface area (Å²) < 4.78 is 7.00. The molecule has 1 aromatic carbocycles. The van der Waals surface area contributed by atoms with Gasteiger partial charge in [0.15, 0.2) is 11.5 Å². The lowest BCUT2D eigenvalue weighted by atomic mass is 10.0. The van der Waals surface area contributed by atoms with Gasteiger partial charge in [0.2, 0.25) is 5.91 Å². The second kappa shape index (κ2) is 14.1. The van der Waals surface area contributed by atoms with Crippen molar-refractivity contribution >= 4 is 28.8 Å². The van der Waals surface area contributed by atoms with Gasteiger partial charge in [-0.05, 0) is 31.5 Å². The molecular weight excluding hydrogens is 462 g/mol. The fraction of sp³-hybridized carbons (Fsp3) is 0.593. The van der Waals surface area contributed by atoms with Crippen molar-refractivity contribution in [2.75, 3.05) is 12.4 Å². The van der Waals surface area contributed by atoms with Crippen LogP contribution in [0.15, 0.2) is 18.2 Å². The largest absolute Gasteiger partial charge is 0.495 e. The second-order valence-electron chi connectivity index (χ2n) is 9.32. The van der Waals surface area contributed by atoms with Gasteiger partial charge in [-0.1, -0.05) is 89.2 Å². The molecule has 7 nitrogen and oxygen atoms in total. The lowest BCUT2D eigenvalue weighted by molar-refractivity contribution is -0.116. The van der Waals surface area contributed by atoms with Crippen molar-refractivity contribution in [3.05, 3.63) is 28.9 Å². The zero-order chi connectivity index (χ0) is 25.0. The highest BCUT2D eigenvalue weighted by molar-refractivity contribution is 6.34. The number of rotatable bonds is 16. The van der Waals surface area contributed by atoms with Gasteiger partial charge in [-0.25, -0.2) is 4.98 Å². The summed E-state index contributed by atoms with van der Waals surface area (Å²) in [6.45, 7) is 4.13. The van der Waals surface area contributed by atoms with Crippen molar-refractivity contribution in [3.8, 4) is 17.1 Å². The highest BCUT2D eigenvalue weighted by Gasteiger charge is 2.15. The van der Waals surface area contributed by atoms with Gasteiger partial charge >= 0.3 is 0 Å². The summed E-state index contributed by atoms with van der Waals surface area (Å²) in [5.41, 5.74) is 2.79. The third-order valence-electron chi connectivity index (χ3n) is 6.40. The van der Waals surface area contributed by atoms with Gasteiger partial charge in [-0.15, -0.1) is 5.10 Å². The molecule has 0 aliphatic heterocycles. The lowest BCUT2D eigenvalue weighted by Gasteiger charge is -2.11. The molecule has 35 heavy (non-hydrogen) atoms. The average Bonchev–Trinajstić information content (AvgIpc) is 3.38. The Bertz CT molecular complexity index is 1080. The molecule has 0 spiro atoms. The van der Waals surface area contributed by atoms with Crippen LogP contribution in [0.2, 0.25) is 5.02 Å². The van der Waals surface area contributed by atoms with E-state index in [-0.39, 0.29) is 5.91 Å². The quantitative estimate of drug-likeness (QED) is 0.197. The highest BCUT2D eigenvalue weighted by atomic mass is 35.5. The van der Waals surface area contributed by atoms with Gasteiger partial charge in [0.05, 0.1) is 18.5 Å². The van der Waals surface area contributed by atoms with Crippen molar-refractivity contribution in [3.63, 3.8) is 0 Å². The molecule has 3 rings (SSSR count). The van der Waals surface area contributed by atoms with E-state index < -0.39 is 0 Å². The minimum absolute atomic E-state index is 0.00362. The number of aromatic amines is 1. The van der Waals surface area contributed by atoms with Crippen LogP contribution in [0.3, 0.4) is 0 Å². The molecule has 0 fully saturated rings. The molecule has 192 valence electrons. The molecule has 2 N–H and O–H groups in total. The number of methoxy groups -OCH3 is 1. The van der Waals surface area contributed by atoms with Crippen molar-refractivity contribution in [1.82, 2.24) is 19.8 Å². The Morgan fingerprint density at radius 2 is 1.66 bits per heavy atom. The van der Waals surface area contributed by atoms with Crippen LogP contribution in [0.1, 0.15) is 96.1 Å². The van der Waals surface area contributed by atoms with Crippen LogP contribution in [-0.2, 0) is 4.79 Å². The number of nitrogens with one attached hydrogen (secondary N) is 2. The Morgan fingerprint density at radius 1 is 1.03 bits per heavy atom. The molecule has 0 unspecified atom stereocenters. The molecule has 0 radical (unpaired) electrons. The SMILES string of the molecule is CCCCCCCCCCCCCCC(=O)Nc1cc(-c2nc3c(Cl)c(C)[nH]n3n2)ccc1OC. The van der Waals surface area contributed by atoms with Crippen LogP contribution in [0.5, 0.6) is 5.75 Å². The van der Waals surface area contributed by atoms with E-state index in [1.54, 1.807) is 11.7 Å². The summed E-state index contributed by atoms with van der Waals surface area (Å²) in [7, 11) is 1.59. The van der Waals surface area contributed by atoms with Crippen LogP contribution < -0.4 is 10.1 Å². The van der Waals surface area contributed by atoms with Crippen LogP contribution in [0.4, 0.5) is 5.69 Å². The van der Waals surface area contributed by atoms with E-state index in [2.05, 4.69) is 27.4 Å². The predicted octanol–water partition coefficient (Wildman–Crippen LogP) is 7.72. The molecule has 1 amide bonds. The normalized spacial score (nSPS) is 11.3. The molecule has 3 aromatic rings. The Balaban J connectivity index is 1.41. The number of hydrogen-bond acceptors (Lipinski definition) is 4. The number of nitrogens with zero attached hydrogens (tertiary/aromatic N) is 3. The van der Waals surface area contributed by atoms with Crippen molar-refractivity contribution < 1.29 is 9.53 Å². The number of halogens is 1. The Kier molecular flexibility index (Phi) is 10.9. The molecule has 0 atom stereocenters. The van der Waals surface area contributed by atoms with E-state index in [9.17, 15) is 4.79 Å². The number of amides is 1. The maximum Gasteiger partial charge on any atom is 0.224 e. The third kappa shape index (κ3) is 7.99. The number of hydrogen-bond donors (Lipinski definition) is 2. The van der Waals surface area contributed by atoms with Crippen molar-refractivity contribution in [1.29, 1.82) is 0 Å².